The molecule has 1 atom stereocenters. The van der Waals surface area contributed by atoms with E-state index in [-0.39, 0.29) is 23.2 Å². The van der Waals surface area contributed by atoms with E-state index in [1.54, 1.807) is 12.1 Å². The second-order valence-corrected chi connectivity index (χ2v) is 8.72. The van der Waals surface area contributed by atoms with Crippen molar-refractivity contribution in [3.8, 4) is 6.07 Å². The van der Waals surface area contributed by atoms with Crippen LogP contribution in [0.4, 0.5) is 4.39 Å². The van der Waals surface area contributed by atoms with Crippen molar-refractivity contribution >= 4 is 5.91 Å². The van der Waals surface area contributed by atoms with Crippen molar-refractivity contribution in [2.24, 2.45) is 5.41 Å². The molecular formula is C23H31FN4O. The molecular weight excluding hydrogens is 367 g/mol. The van der Waals surface area contributed by atoms with Gasteiger partial charge >= 0.3 is 0 Å². The van der Waals surface area contributed by atoms with Crippen LogP contribution in [0.5, 0.6) is 0 Å². The van der Waals surface area contributed by atoms with E-state index in [0.29, 0.717) is 25.8 Å². The van der Waals surface area contributed by atoms with Crippen molar-refractivity contribution in [2.75, 3.05) is 0 Å². The standard InChI is InChI=1S/C23H31FN4O/c1-16-20(17(2)28(27-16)14-6-13-25)11-12-22(29)26-21(15-23(3,4)5)18-7-9-19(24)10-8-18/h7-10,21H,6,11-12,14-15H2,1-5H3,(H,26,29)/t21-/m0/s1. The van der Waals surface area contributed by atoms with E-state index in [1.807, 2.05) is 18.5 Å². The molecule has 1 aromatic carbocycles. The summed E-state index contributed by atoms with van der Waals surface area (Å²) >= 11 is 0. The molecule has 2 rings (SSSR count). The number of amides is 1. The Morgan fingerprint density at radius 2 is 1.93 bits per heavy atom. The summed E-state index contributed by atoms with van der Waals surface area (Å²) in [4.78, 5) is 12.7. The molecule has 0 radical (unpaired) electrons. The SMILES string of the molecule is Cc1nn(CCC#N)c(C)c1CCC(=O)N[C@@H](CC(C)(C)C)c1ccc(F)cc1. The van der Waals surface area contributed by atoms with Gasteiger partial charge in [0.15, 0.2) is 0 Å². The van der Waals surface area contributed by atoms with Crippen LogP contribution in [0.2, 0.25) is 0 Å². The number of nitriles is 1. The van der Waals surface area contributed by atoms with E-state index in [9.17, 15) is 9.18 Å². The molecule has 0 saturated carbocycles. The van der Waals surface area contributed by atoms with Crippen molar-refractivity contribution < 1.29 is 9.18 Å². The predicted octanol–water partition coefficient (Wildman–Crippen LogP) is 4.78. The minimum atomic E-state index is -0.283. The molecule has 1 heterocycles. The first kappa shape index (κ1) is 22.6. The van der Waals surface area contributed by atoms with Crippen LogP contribution >= 0.6 is 0 Å². The highest BCUT2D eigenvalue weighted by Gasteiger charge is 2.22. The number of hydrogen-bond donors (Lipinski definition) is 1. The monoisotopic (exact) mass is 398 g/mol. The lowest BCUT2D eigenvalue weighted by Gasteiger charge is -2.27. The summed E-state index contributed by atoms with van der Waals surface area (Å²) in [5, 5.41) is 16.4. The van der Waals surface area contributed by atoms with Crippen LogP contribution in [-0.2, 0) is 17.8 Å². The molecule has 156 valence electrons. The fourth-order valence-electron chi connectivity index (χ4n) is 3.53. The number of nitrogens with one attached hydrogen (secondary N) is 1. The summed E-state index contributed by atoms with van der Waals surface area (Å²) in [5.41, 5.74) is 3.90. The zero-order chi connectivity index (χ0) is 21.6. The Hall–Kier alpha value is -2.68. The third-order valence-electron chi connectivity index (χ3n) is 4.99. The minimum absolute atomic E-state index is 0.0153. The fraction of sp³-hybridized carbons (Fsp3) is 0.522. The molecule has 0 unspecified atom stereocenters. The lowest BCUT2D eigenvalue weighted by atomic mass is 9.85. The number of rotatable bonds is 8. The number of hydrogen-bond acceptors (Lipinski definition) is 3. The lowest BCUT2D eigenvalue weighted by molar-refractivity contribution is -0.122. The third-order valence-corrected chi connectivity index (χ3v) is 4.99. The second-order valence-electron chi connectivity index (χ2n) is 8.72. The van der Waals surface area contributed by atoms with Crippen LogP contribution in [0.15, 0.2) is 24.3 Å². The number of aryl methyl sites for hydroxylation is 2. The average molecular weight is 399 g/mol. The number of carbonyl (C=O) groups excluding carboxylic acids is 1. The van der Waals surface area contributed by atoms with Gasteiger partial charge in [-0.25, -0.2) is 4.39 Å². The summed E-state index contributed by atoms with van der Waals surface area (Å²) in [7, 11) is 0. The van der Waals surface area contributed by atoms with Crippen LogP contribution in [0, 0.1) is 36.4 Å². The summed E-state index contributed by atoms with van der Waals surface area (Å²) < 4.78 is 15.1. The molecule has 1 N–H and O–H groups in total. The van der Waals surface area contributed by atoms with E-state index in [4.69, 9.17) is 5.26 Å². The molecule has 29 heavy (non-hydrogen) atoms. The Morgan fingerprint density at radius 1 is 1.28 bits per heavy atom. The van der Waals surface area contributed by atoms with E-state index in [1.165, 1.54) is 12.1 Å². The minimum Gasteiger partial charge on any atom is -0.349 e. The van der Waals surface area contributed by atoms with Gasteiger partial charge < -0.3 is 5.32 Å². The van der Waals surface area contributed by atoms with Crippen molar-refractivity contribution in [2.45, 2.75) is 72.9 Å². The molecule has 0 spiro atoms. The largest absolute Gasteiger partial charge is 0.349 e. The van der Waals surface area contributed by atoms with E-state index in [0.717, 1.165) is 28.9 Å². The Morgan fingerprint density at radius 3 is 2.52 bits per heavy atom. The molecule has 1 amide bonds. The Bertz CT molecular complexity index is 872. The van der Waals surface area contributed by atoms with Crippen LogP contribution in [0.1, 0.15) is 68.6 Å². The molecule has 2 aromatic rings. The summed E-state index contributed by atoms with van der Waals surface area (Å²) in [6.07, 6.45) is 2.12. The highest BCUT2D eigenvalue weighted by Crippen LogP contribution is 2.29. The molecule has 0 saturated heterocycles. The van der Waals surface area contributed by atoms with Crippen LogP contribution in [0.3, 0.4) is 0 Å². The van der Waals surface area contributed by atoms with Gasteiger partial charge in [0, 0.05) is 12.1 Å². The molecule has 0 aliphatic heterocycles. The number of halogens is 1. The average Bonchev–Trinajstić information content (AvgIpc) is 2.90. The van der Waals surface area contributed by atoms with Gasteiger partial charge in [-0.2, -0.15) is 10.4 Å². The first-order valence-corrected chi connectivity index (χ1v) is 10.1. The first-order chi connectivity index (χ1) is 13.6. The zero-order valence-corrected chi connectivity index (χ0v) is 18.1. The third kappa shape index (κ3) is 6.70. The molecule has 5 nitrogen and oxygen atoms in total. The second kappa shape index (κ2) is 9.69. The van der Waals surface area contributed by atoms with Gasteiger partial charge in [0.25, 0.3) is 0 Å². The summed E-state index contributed by atoms with van der Waals surface area (Å²) in [5.74, 6) is -0.318. The van der Waals surface area contributed by atoms with Gasteiger partial charge in [-0.15, -0.1) is 0 Å². The molecule has 0 fully saturated rings. The summed E-state index contributed by atoms with van der Waals surface area (Å²) in [6, 6.07) is 8.30. The normalized spacial score (nSPS) is 12.4. The van der Waals surface area contributed by atoms with E-state index < -0.39 is 0 Å². The van der Waals surface area contributed by atoms with Crippen molar-refractivity contribution in [3.63, 3.8) is 0 Å². The van der Waals surface area contributed by atoms with Crippen LogP contribution in [-0.4, -0.2) is 15.7 Å². The smallest absolute Gasteiger partial charge is 0.220 e. The number of nitrogens with zero attached hydrogens (tertiary/aromatic N) is 3. The number of aromatic nitrogens is 2. The van der Waals surface area contributed by atoms with Gasteiger partial charge in [0.05, 0.1) is 30.8 Å². The predicted molar refractivity (Wildman–Crippen MR) is 112 cm³/mol. The Balaban J connectivity index is 2.06. The van der Waals surface area contributed by atoms with E-state index in [2.05, 4.69) is 37.3 Å². The molecule has 0 bridgehead atoms. The zero-order valence-electron chi connectivity index (χ0n) is 18.1. The fourth-order valence-corrected chi connectivity index (χ4v) is 3.53. The quantitative estimate of drug-likeness (QED) is 0.696. The number of carbonyl (C=O) groups is 1. The van der Waals surface area contributed by atoms with Crippen molar-refractivity contribution in [1.29, 1.82) is 5.26 Å². The van der Waals surface area contributed by atoms with Crippen LogP contribution in [0.25, 0.3) is 0 Å². The van der Waals surface area contributed by atoms with E-state index >= 15 is 0 Å². The topological polar surface area (TPSA) is 70.7 Å². The molecule has 6 heteroatoms. The first-order valence-electron chi connectivity index (χ1n) is 10.1. The molecule has 0 aliphatic carbocycles. The van der Waals surface area contributed by atoms with Gasteiger partial charge in [0.1, 0.15) is 5.82 Å². The van der Waals surface area contributed by atoms with Crippen molar-refractivity contribution in [3.05, 3.63) is 52.6 Å². The van der Waals surface area contributed by atoms with Gasteiger partial charge in [-0.05, 0) is 55.4 Å². The highest BCUT2D eigenvalue weighted by atomic mass is 19.1. The maximum absolute atomic E-state index is 13.3. The van der Waals surface area contributed by atoms with Gasteiger partial charge in [0.2, 0.25) is 5.91 Å². The summed E-state index contributed by atoms with van der Waals surface area (Å²) in [6.45, 7) is 10.8. The Kier molecular flexibility index (Phi) is 7.55. The highest BCUT2D eigenvalue weighted by molar-refractivity contribution is 5.76. The maximum atomic E-state index is 13.3. The van der Waals surface area contributed by atoms with Gasteiger partial charge in [-0.3, -0.25) is 9.48 Å². The molecule has 1 aromatic heterocycles. The molecule has 0 aliphatic rings. The maximum Gasteiger partial charge on any atom is 0.220 e. The Labute approximate surface area is 172 Å². The number of benzene rings is 1. The lowest BCUT2D eigenvalue weighted by Crippen LogP contribution is -2.31. The van der Waals surface area contributed by atoms with Crippen LogP contribution < -0.4 is 5.32 Å². The van der Waals surface area contributed by atoms with Crippen molar-refractivity contribution in [1.82, 2.24) is 15.1 Å². The van der Waals surface area contributed by atoms with Gasteiger partial charge in [-0.1, -0.05) is 32.9 Å².